The summed E-state index contributed by atoms with van der Waals surface area (Å²) in [7, 11) is 1.62. The van der Waals surface area contributed by atoms with E-state index in [2.05, 4.69) is 0 Å². The molecule has 0 heterocycles. The minimum atomic E-state index is 0. The summed E-state index contributed by atoms with van der Waals surface area (Å²) < 4.78 is 5.07. The molecule has 5 heteroatoms. The molecule has 0 aliphatic heterocycles. The van der Waals surface area contributed by atoms with Gasteiger partial charge >= 0.3 is 19.5 Å². The second kappa shape index (κ2) is 8.34. The predicted molar refractivity (Wildman–Crippen MR) is 44.1 cm³/mol. The zero-order valence-electron chi connectivity index (χ0n) is 8.47. The van der Waals surface area contributed by atoms with Crippen LogP contribution in [-0.2, 0) is 19.5 Å². The number of hydrogen-bond acceptors (Lipinski definition) is 2. The molecule has 1 aromatic carbocycles. The molecule has 1 aromatic rings. The van der Waals surface area contributed by atoms with Crippen LogP contribution in [0.25, 0.3) is 0 Å². The average molecular weight is 288 g/mol. The second-order valence-corrected chi connectivity index (χ2v) is 2.54. The third-order valence-electron chi connectivity index (χ3n) is 1.93. The molecule has 0 saturated heterocycles. The van der Waals surface area contributed by atoms with Gasteiger partial charge < -0.3 is 34.7 Å². The normalized spacial score (nSPS) is 7.64. The van der Waals surface area contributed by atoms with Gasteiger partial charge in [-0.05, 0) is 37.1 Å². The standard InChI is InChI=1S/C9H12O2.2ClH.Zn/c1-6-7(2)9(11-3)5-4-8(6)10;;;/h4-5,10H,1-3H3;2*1H;/q;;;+2/p-2. The van der Waals surface area contributed by atoms with Crippen LogP contribution < -0.4 is 29.6 Å². The van der Waals surface area contributed by atoms with Crippen LogP contribution in [0.1, 0.15) is 11.1 Å². The number of benzene rings is 1. The minimum Gasteiger partial charge on any atom is -1.00 e. The summed E-state index contributed by atoms with van der Waals surface area (Å²) in [6, 6.07) is 3.40. The topological polar surface area (TPSA) is 29.5 Å². The van der Waals surface area contributed by atoms with Crippen molar-refractivity contribution >= 4 is 0 Å². The number of halogens is 2. The molecule has 0 unspecified atom stereocenters. The molecule has 14 heavy (non-hydrogen) atoms. The summed E-state index contributed by atoms with van der Waals surface area (Å²) >= 11 is 0. The van der Waals surface area contributed by atoms with Crippen molar-refractivity contribution in [2.24, 2.45) is 0 Å². The van der Waals surface area contributed by atoms with Crippen LogP contribution in [0.2, 0.25) is 0 Å². The molecular weight excluding hydrogens is 276 g/mol. The Bertz CT molecular complexity index is 280. The summed E-state index contributed by atoms with van der Waals surface area (Å²) in [6.45, 7) is 3.79. The van der Waals surface area contributed by atoms with Gasteiger partial charge in [-0.1, -0.05) is 0 Å². The van der Waals surface area contributed by atoms with Gasteiger partial charge in [-0.15, -0.1) is 0 Å². The molecule has 1 N–H and O–H groups in total. The summed E-state index contributed by atoms with van der Waals surface area (Å²) in [5.41, 5.74) is 1.87. The predicted octanol–water partition coefficient (Wildman–Crippen LogP) is -3.98. The van der Waals surface area contributed by atoms with Crippen LogP contribution in [0.5, 0.6) is 11.5 Å². The van der Waals surface area contributed by atoms with Gasteiger partial charge in [0.15, 0.2) is 0 Å². The Morgan fingerprint density at radius 3 is 2.00 bits per heavy atom. The molecule has 76 valence electrons. The molecule has 0 fully saturated rings. The van der Waals surface area contributed by atoms with Gasteiger partial charge in [0.25, 0.3) is 0 Å². The van der Waals surface area contributed by atoms with E-state index in [0.717, 1.165) is 16.9 Å². The van der Waals surface area contributed by atoms with E-state index in [1.54, 1.807) is 19.2 Å². The minimum absolute atomic E-state index is 0. The zero-order chi connectivity index (χ0) is 8.43. The number of aromatic hydroxyl groups is 1. The Balaban J connectivity index is -0.000000403. The largest absolute Gasteiger partial charge is 2.00 e. The van der Waals surface area contributed by atoms with E-state index in [0.29, 0.717) is 5.75 Å². The fourth-order valence-corrected chi connectivity index (χ4v) is 1.00. The van der Waals surface area contributed by atoms with Crippen LogP contribution in [-0.4, -0.2) is 12.2 Å². The van der Waals surface area contributed by atoms with E-state index in [1.165, 1.54) is 0 Å². The first-order valence-corrected chi connectivity index (χ1v) is 3.50. The molecule has 0 spiro atoms. The molecule has 0 radical (unpaired) electrons. The van der Waals surface area contributed by atoms with E-state index in [9.17, 15) is 5.11 Å². The first kappa shape index (κ1) is 19.6. The molecule has 0 aliphatic rings. The maximum Gasteiger partial charge on any atom is 2.00 e. The van der Waals surface area contributed by atoms with Gasteiger partial charge in [0.05, 0.1) is 7.11 Å². The van der Waals surface area contributed by atoms with Gasteiger partial charge in [-0.3, -0.25) is 0 Å². The molecule has 0 bridgehead atoms. The Morgan fingerprint density at radius 1 is 1.07 bits per heavy atom. The summed E-state index contributed by atoms with van der Waals surface area (Å²) in [5.74, 6) is 1.14. The molecule has 0 aliphatic carbocycles. The van der Waals surface area contributed by atoms with E-state index in [1.807, 2.05) is 13.8 Å². The SMILES string of the molecule is COc1ccc(O)c(C)c1C.[Cl-].[Cl-].[Zn+2]. The van der Waals surface area contributed by atoms with Crippen molar-refractivity contribution in [3.8, 4) is 11.5 Å². The number of ether oxygens (including phenoxy) is 1. The first-order chi connectivity index (χ1) is 5.16. The molecule has 1 rings (SSSR count). The quantitative estimate of drug-likeness (QED) is 0.534. The third-order valence-corrected chi connectivity index (χ3v) is 1.93. The Hall–Kier alpha value is 0.0234. The van der Waals surface area contributed by atoms with Crippen molar-refractivity contribution < 1.29 is 54.1 Å². The van der Waals surface area contributed by atoms with Crippen molar-refractivity contribution in [3.63, 3.8) is 0 Å². The van der Waals surface area contributed by atoms with Crippen molar-refractivity contribution in [1.82, 2.24) is 0 Å². The molecule has 0 saturated carbocycles. The van der Waals surface area contributed by atoms with Gasteiger partial charge in [-0.2, -0.15) is 0 Å². The van der Waals surface area contributed by atoms with E-state index in [-0.39, 0.29) is 44.3 Å². The van der Waals surface area contributed by atoms with E-state index in [4.69, 9.17) is 4.74 Å². The van der Waals surface area contributed by atoms with Crippen molar-refractivity contribution in [2.45, 2.75) is 13.8 Å². The molecule has 2 nitrogen and oxygen atoms in total. The maximum atomic E-state index is 9.26. The Labute approximate surface area is 110 Å². The van der Waals surface area contributed by atoms with Crippen LogP contribution >= 0.6 is 0 Å². The van der Waals surface area contributed by atoms with E-state index < -0.39 is 0 Å². The Morgan fingerprint density at radius 2 is 1.57 bits per heavy atom. The fraction of sp³-hybridized carbons (Fsp3) is 0.333. The fourth-order valence-electron chi connectivity index (χ4n) is 1.00. The molecular formula is C9H12Cl2O2Zn. The number of rotatable bonds is 1. The number of methoxy groups -OCH3 is 1. The van der Waals surface area contributed by atoms with Gasteiger partial charge in [0, 0.05) is 0 Å². The van der Waals surface area contributed by atoms with E-state index >= 15 is 0 Å². The van der Waals surface area contributed by atoms with Gasteiger partial charge in [-0.25, -0.2) is 0 Å². The van der Waals surface area contributed by atoms with Crippen LogP contribution in [0.3, 0.4) is 0 Å². The molecule has 0 aromatic heterocycles. The third kappa shape index (κ3) is 4.04. The van der Waals surface area contributed by atoms with Crippen molar-refractivity contribution in [2.75, 3.05) is 7.11 Å². The first-order valence-electron chi connectivity index (χ1n) is 3.50. The van der Waals surface area contributed by atoms with Crippen LogP contribution in [0.15, 0.2) is 12.1 Å². The summed E-state index contributed by atoms with van der Waals surface area (Å²) in [6.07, 6.45) is 0. The molecule has 0 atom stereocenters. The van der Waals surface area contributed by atoms with Gasteiger partial charge in [0.2, 0.25) is 0 Å². The van der Waals surface area contributed by atoms with Crippen LogP contribution in [0, 0.1) is 13.8 Å². The monoisotopic (exact) mass is 286 g/mol. The average Bonchev–Trinajstić information content (AvgIpc) is 2.01. The van der Waals surface area contributed by atoms with Gasteiger partial charge in [0.1, 0.15) is 11.5 Å². The summed E-state index contributed by atoms with van der Waals surface area (Å²) in [5, 5.41) is 9.26. The zero-order valence-corrected chi connectivity index (χ0v) is 13.0. The Kier molecular flexibility index (Phi) is 11.7. The number of phenols is 1. The van der Waals surface area contributed by atoms with Crippen LogP contribution in [0.4, 0.5) is 0 Å². The maximum absolute atomic E-state index is 9.26. The number of hydrogen-bond donors (Lipinski definition) is 1. The van der Waals surface area contributed by atoms with Crippen molar-refractivity contribution in [3.05, 3.63) is 23.3 Å². The smallest absolute Gasteiger partial charge is 1.00 e. The number of phenolic OH excluding ortho intramolecular Hbond substituents is 1. The molecule has 0 amide bonds. The summed E-state index contributed by atoms with van der Waals surface area (Å²) in [4.78, 5) is 0. The van der Waals surface area contributed by atoms with Crippen molar-refractivity contribution in [1.29, 1.82) is 0 Å². The second-order valence-electron chi connectivity index (χ2n) is 2.54.